The van der Waals surface area contributed by atoms with Crippen LogP contribution in [0.4, 0.5) is 0 Å². The van der Waals surface area contributed by atoms with E-state index in [0.29, 0.717) is 13.0 Å². The molecule has 0 radical (unpaired) electrons. The Balaban J connectivity index is 1.40. The third-order valence-electron chi connectivity index (χ3n) is 6.79. The van der Waals surface area contributed by atoms with Crippen LogP contribution >= 0.6 is 0 Å². The molecule has 1 heterocycles. The number of benzene rings is 4. The summed E-state index contributed by atoms with van der Waals surface area (Å²) < 4.78 is 2.32. The third kappa shape index (κ3) is 5.92. The molecule has 1 unspecified atom stereocenters. The molecule has 3 heteroatoms. The molecule has 0 fully saturated rings. The SMILES string of the molecule is O=C(CC(Cc1ccccc1)c1cn(Cc2ccccc2)c2ccccc12)NCCc1ccccc1. The molecule has 1 N–H and O–H groups in total. The molecular weight excluding hydrogens is 440 g/mol. The number of carbonyl (C=O) groups excluding carboxylic acids is 1. The number of hydrogen-bond donors (Lipinski definition) is 1. The second-order valence-electron chi connectivity index (χ2n) is 9.39. The number of aromatic nitrogens is 1. The molecule has 0 aliphatic carbocycles. The molecule has 1 aromatic heterocycles. The molecule has 0 aliphatic heterocycles. The zero-order chi connectivity index (χ0) is 24.6. The average Bonchev–Trinajstić information content (AvgIpc) is 3.28. The van der Waals surface area contributed by atoms with E-state index in [-0.39, 0.29) is 11.8 Å². The van der Waals surface area contributed by atoms with Gasteiger partial charge in [-0.3, -0.25) is 4.79 Å². The van der Waals surface area contributed by atoms with Crippen molar-refractivity contribution < 1.29 is 4.79 Å². The number of hydrogen-bond acceptors (Lipinski definition) is 1. The maximum absolute atomic E-state index is 13.1. The first-order chi connectivity index (χ1) is 17.8. The summed E-state index contributed by atoms with van der Waals surface area (Å²) in [6.45, 7) is 1.46. The van der Waals surface area contributed by atoms with Crippen LogP contribution in [0.3, 0.4) is 0 Å². The number of fused-ring (bicyclic) bond motifs is 1. The second-order valence-corrected chi connectivity index (χ2v) is 9.39. The summed E-state index contributed by atoms with van der Waals surface area (Å²) in [5.41, 5.74) is 6.20. The van der Waals surface area contributed by atoms with Crippen molar-refractivity contribution >= 4 is 16.8 Å². The lowest BCUT2D eigenvalue weighted by atomic mass is 9.88. The van der Waals surface area contributed by atoms with E-state index >= 15 is 0 Å². The number of rotatable bonds is 10. The maximum Gasteiger partial charge on any atom is 0.220 e. The van der Waals surface area contributed by atoms with Crippen molar-refractivity contribution in [3.63, 3.8) is 0 Å². The van der Waals surface area contributed by atoms with Crippen LogP contribution in [0.1, 0.15) is 34.6 Å². The molecule has 4 aromatic carbocycles. The zero-order valence-corrected chi connectivity index (χ0v) is 20.5. The molecule has 36 heavy (non-hydrogen) atoms. The predicted molar refractivity (Wildman–Crippen MR) is 148 cm³/mol. The van der Waals surface area contributed by atoms with Gasteiger partial charge >= 0.3 is 0 Å². The summed E-state index contributed by atoms with van der Waals surface area (Å²) in [5.74, 6) is 0.192. The summed E-state index contributed by atoms with van der Waals surface area (Å²) in [4.78, 5) is 13.1. The fourth-order valence-electron chi connectivity index (χ4n) is 4.99. The fraction of sp³-hybridized carbons (Fsp3) is 0.182. The van der Waals surface area contributed by atoms with Gasteiger partial charge in [-0.15, -0.1) is 0 Å². The van der Waals surface area contributed by atoms with Crippen LogP contribution in [0.5, 0.6) is 0 Å². The van der Waals surface area contributed by atoms with Gasteiger partial charge < -0.3 is 9.88 Å². The van der Waals surface area contributed by atoms with Crippen molar-refractivity contribution in [2.24, 2.45) is 0 Å². The van der Waals surface area contributed by atoms with Gasteiger partial charge in [0.2, 0.25) is 5.91 Å². The highest BCUT2D eigenvalue weighted by Gasteiger charge is 2.21. The highest BCUT2D eigenvalue weighted by molar-refractivity contribution is 5.86. The van der Waals surface area contributed by atoms with Crippen molar-refractivity contribution in [3.8, 4) is 0 Å². The van der Waals surface area contributed by atoms with Crippen molar-refractivity contribution in [1.29, 1.82) is 0 Å². The molecule has 5 rings (SSSR count). The van der Waals surface area contributed by atoms with Crippen molar-refractivity contribution in [2.45, 2.75) is 31.7 Å². The van der Waals surface area contributed by atoms with Gasteiger partial charge in [-0.2, -0.15) is 0 Å². The van der Waals surface area contributed by atoms with E-state index in [1.165, 1.54) is 33.2 Å². The van der Waals surface area contributed by atoms with Crippen LogP contribution in [0.2, 0.25) is 0 Å². The average molecular weight is 473 g/mol. The van der Waals surface area contributed by atoms with E-state index in [1.807, 2.05) is 24.3 Å². The minimum absolute atomic E-state index is 0.0889. The van der Waals surface area contributed by atoms with Crippen LogP contribution in [0.15, 0.2) is 121 Å². The quantitative estimate of drug-likeness (QED) is 0.239. The molecule has 180 valence electrons. The van der Waals surface area contributed by atoms with Gasteiger partial charge in [0.15, 0.2) is 0 Å². The molecule has 1 amide bonds. The Labute approximate surface area is 213 Å². The molecule has 1 atom stereocenters. The van der Waals surface area contributed by atoms with Crippen molar-refractivity contribution in [1.82, 2.24) is 9.88 Å². The molecular formula is C33H32N2O. The smallest absolute Gasteiger partial charge is 0.220 e. The Hall–Kier alpha value is -4.11. The first-order valence-corrected chi connectivity index (χ1v) is 12.7. The molecule has 3 nitrogen and oxygen atoms in total. The summed E-state index contributed by atoms with van der Waals surface area (Å²) in [5, 5.41) is 4.39. The minimum Gasteiger partial charge on any atom is -0.356 e. The molecule has 5 aromatic rings. The second kappa shape index (κ2) is 11.5. The van der Waals surface area contributed by atoms with Gasteiger partial charge in [0.1, 0.15) is 0 Å². The number of amides is 1. The Morgan fingerprint density at radius 1 is 0.694 bits per heavy atom. The Bertz CT molecular complexity index is 1390. The Kier molecular flexibility index (Phi) is 7.58. The molecule has 0 saturated heterocycles. The largest absolute Gasteiger partial charge is 0.356 e. The van der Waals surface area contributed by atoms with E-state index in [2.05, 4.69) is 107 Å². The molecule has 0 bridgehead atoms. The van der Waals surface area contributed by atoms with Gasteiger partial charge in [-0.1, -0.05) is 109 Å². The molecule has 0 spiro atoms. The van der Waals surface area contributed by atoms with E-state index < -0.39 is 0 Å². The van der Waals surface area contributed by atoms with Crippen molar-refractivity contribution in [2.75, 3.05) is 6.54 Å². The number of para-hydroxylation sites is 1. The topological polar surface area (TPSA) is 34.0 Å². The number of carbonyl (C=O) groups is 1. The Morgan fingerprint density at radius 3 is 1.97 bits per heavy atom. The van der Waals surface area contributed by atoms with Gasteiger partial charge in [-0.05, 0) is 47.1 Å². The minimum atomic E-state index is 0.0889. The third-order valence-corrected chi connectivity index (χ3v) is 6.79. The summed E-state index contributed by atoms with van der Waals surface area (Å²) >= 11 is 0. The molecule has 0 saturated carbocycles. The van der Waals surface area contributed by atoms with Gasteiger partial charge in [-0.25, -0.2) is 0 Å². The predicted octanol–water partition coefficient (Wildman–Crippen LogP) is 6.76. The Morgan fingerprint density at radius 2 is 1.28 bits per heavy atom. The van der Waals surface area contributed by atoms with E-state index in [0.717, 1.165) is 19.4 Å². The van der Waals surface area contributed by atoms with Crippen molar-refractivity contribution in [3.05, 3.63) is 144 Å². The lowest BCUT2D eigenvalue weighted by Crippen LogP contribution is -2.27. The van der Waals surface area contributed by atoms with Crippen LogP contribution in [0, 0.1) is 0 Å². The first kappa shape index (κ1) is 23.6. The summed E-state index contributed by atoms with van der Waals surface area (Å²) in [6.07, 6.45) is 4.39. The van der Waals surface area contributed by atoms with Gasteiger partial charge in [0.05, 0.1) is 0 Å². The molecule has 0 aliphatic rings. The monoisotopic (exact) mass is 472 g/mol. The van der Waals surface area contributed by atoms with Crippen LogP contribution in [0.25, 0.3) is 10.9 Å². The van der Waals surface area contributed by atoms with E-state index in [1.54, 1.807) is 0 Å². The number of nitrogens with one attached hydrogen (secondary N) is 1. The fourth-order valence-corrected chi connectivity index (χ4v) is 4.99. The zero-order valence-electron chi connectivity index (χ0n) is 20.5. The van der Waals surface area contributed by atoms with Crippen LogP contribution in [-0.2, 0) is 24.2 Å². The van der Waals surface area contributed by atoms with E-state index in [4.69, 9.17) is 0 Å². The summed E-state index contributed by atoms with van der Waals surface area (Å²) in [7, 11) is 0. The number of nitrogens with zero attached hydrogens (tertiary/aromatic N) is 1. The van der Waals surface area contributed by atoms with Crippen LogP contribution < -0.4 is 5.32 Å². The van der Waals surface area contributed by atoms with E-state index in [9.17, 15) is 4.79 Å². The van der Waals surface area contributed by atoms with Crippen LogP contribution in [-0.4, -0.2) is 17.0 Å². The normalized spacial score (nSPS) is 11.9. The standard InChI is InChI=1S/C33H32N2O/c36-33(34-21-20-26-12-4-1-5-13-26)23-29(22-27-14-6-2-7-15-27)31-25-35(24-28-16-8-3-9-17-28)32-19-11-10-18-30(31)32/h1-19,25,29H,20-24H2,(H,34,36). The van der Waals surface area contributed by atoms with Gasteiger partial charge in [0.25, 0.3) is 0 Å². The lowest BCUT2D eigenvalue weighted by Gasteiger charge is -2.17. The highest BCUT2D eigenvalue weighted by Crippen LogP contribution is 2.33. The first-order valence-electron chi connectivity index (χ1n) is 12.7. The lowest BCUT2D eigenvalue weighted by molar-refractivity contribution is -0.121. The maximum atomic E-state index is 13.1. The van der Waals surface area contributed by atoms with Gasteiger partial charge in [0, 0.05) is 36.6 Å². The highest BCUT2D eigenvalue weighted by atomic mass is 16.1. The summed E-state index contributed by atoms with van der Waals surface area (Å²) in [6, 6.07) is 39.9.